The number of aliphatic hydroxyl groups is 1. The molecule has 8 aromatic rings. The van der Waals surface area contributed by atoms with Gasteiger partial charge in [-0.3, -0.25) is 18.8 Å². The summed E-state index contributed by atoms with van der Waals surface area (Å²) >= 11 is 12.2. The van der Waals surface area contributed by atoms with Gasteiger partial charge in [0, 0.05) is 107 Å². The van der Waals surface area contributed by atoms with E-state index in [-0.39, 0.29) is 12.5 Å². The van der Waals surface area contributed by atoms with Crippen LogP contribution < -0.4 is 16.0 Å². The predicted molar refractivity (Wildman–Crippen MR) is 292 cm³/mol. The molecule has 4 aromatic heterocycles. The molecule has 0 unspecified atom stereocenters. The highest BCUT2D eigenvalue weighted by Crippen LogP contribution is 2.40. The number of amides is 1. The molecule has 15 heteroatoms. The van der Waals surface area contributed by atoms with Crippen LogP contribution in [0.3, 0.4) is 0 Å². The molecule has 0 aliphatic heterocycles. The van der Waals surface area contributed by atoms with Crippen molar-refractivity contribution >= 4 is 68.4 Å². The molecular formula is C56H61Cl2N11O2. The van der Waals surface area contributed by atoms with Gasteiger partial charge in [0.05, 0.1) is 17.7 Å². The van der Waals surface area contributed by atoms with Crippen LogP contribution in [0.4, 0.5) is 17.2 Å². The van der Waals surface area contributed by atoms with Crippen LogP contribution in [-0.2, 0) is 4.79 Å². The van der Waals surface area contributed by atoms with E-state index in [1.54, 1.807) is 30.4 Å². The minimum absolute atomic E-state index is 0.0705. The van der Waals surface area contributed by atoms with Gasteiger partial charge in [0.25, 0.3) is 0 Å². The molecule has 4 heterocycles. The van der Waals surface area contributed by atoms with E-state index < -0.39 is 0 Å². The fourth-order valence-electron chi connectivity index (χ4n) is 8.88. The van der Waals surface area contributed by atoms with Crippen LogP contribution >= 0.6 is 23.2 Å². The lowest BCUT2D eigenvalue weighted by Gasteiger charge is -2.18. The Bertz CT molecular complexity index is 3210. The molecule has 2 aliphatic rings. The number of carbonyl (C=O) groups excluding carboxylic acids is 1. The van der Waals surface area contributed by atoms with Crippen molar-refractivity contribution in [2.75, 3.05) is 57.3 Å². The average molecular weight is 991 g/mol. The molecule has 0 spiro atoms. The fraction of sp³-hybridized carbons (Fsp3) is 0.268. The van der Waals surface area contributed by atoms with Crippen molar-refractivity contribution in [1.82, 2.24) is 38.9 Å². The van der Waals surface area contributed by atoms with Gasteiger partial charge in [0.15, 0.2) is 5.65 Å². The Hall–Kier alpha value is -7.03. The van der Waals surface area contributed by atoms with Gasteiger partial charge >= 0.3 is 0 Å². The zero-order valence-electron chi connectivity index (χ0n) is 41.3. The SMILES string of the molecule is CN(/C=C/CO)C1CC1.CNc1cccc(-n2c(C)c(-c3ccc(Cl)cc3)c3c(C)ncnc32)c1.Cc1c(-c2ccc(Cl)cc2)c2c(N)ncnc2n1-c1cccc(N(C)C(=O)/C=C/CN(C)C2CC2)c1. The van der Waals surface area contributed by atoms with Crippen molar-refractivity contribution in [3.63, 3.8) is 0 Å². The normalized spacial score (nSPS) is 13.4. The number of aromatic nitrogens is 6. The number of nitrogens with zero attached hydrogens (tertiary/aromatic N) is 9. The van der Waals surface area contributed by atoms with Gasteiger partial charge in [-0.2, -0.15) is 0 Å². The van der Waals surface area contributed by atoms with Crippen LogP contribution in [0.5, 0.6) is 0 Å². The van der Waals surface area contributed by atoms with E-state index in [1.807, 2.05) is 125 Å². The Balaban J connectivity index is 0.000000167. The Morgan fingerprint density at radius 1 is 0.732 bits per heavy atom. The summed E-state index contributed by atoms with van der Waals surface area (Å²) in [6.07, 6.45) is 15.5. The second kappa shape index (κ2) is 22.4. The van der Waals surface area contributed by atoms with Crippen molar-refractivity contribution in [3.05, 3.63) is 161 Å². The summed E-state index contributed by atoms with van der Waals surface area (Å²) in [5.74, 6) is 0.343. The number of likely N-dealkylation sites (N-methyl/N-ethyl adjacent to an activating group) is 2. The molecule has 13 nitrogen and oxygen atoms in total. The van der Waals surface area contributed by atoms with Gasteiger partial charge in [-0.1, -0.05) is 65.7 Å². The highest BCUT2D eigenvalue weighted by atomic mass is 35.5. The minimum Gasteiger partial charge on any atom is -0.392 e. The van der Waals surface area contributed by atoms with E-state index in [0.29, 0.717) is 22.5 Å². The van der Waals surface area contributed by atoms with Crippen molar-refractivity contribution in [2.45, 2.75) is 58.5 Å². The lowest BCUT2D eigenvalue weighted by Crippen LogP contribution is -2.25. The first-order valence-corrected chi connectivity index (χ1v) is 24.5. The number of rotatable bonds is 13. The molecule has 4 aromatic carbocycles. The largest absolute Gasteiger partial charge is 0.392 e. The maximum absolute atomic E-state index is 12.9. The van der Waals surface area contributed by atoms with Gasteiger partial charge < -0.3 is 26.0 Å². The van der Waals surface area contributed by atoms with Gasteiger partial charge in [0.2, 0.25) is 5.91 Å². The lowest BCUT2D eigenvalue weighted by atomic mass is 10.0. The zero-order valence-corrected chi connectivity index (χ0v) is 42.8. The Morgan fingerprint density at radius 3 is 1.86 bits per heavy atom. The average Bonchev–Trinajstić information content (AvgIpc) is 4.33. The van der Waals surface area contributed by atoms with Crippen molar-refractivity contribution in [3.8, 4) is 33.6 Å². The molecule has 2 aliphatic carbocycles. The zero-order chi connectivity index (χ0) is 50.3. The summed E-state index contributed by atoms with van der Waals surface area (Å²) < 4.78 is 4.24. The number of nitrogens with one attached hydrogen (secondary N) is 1. The third kappa shape index (κ3) is 11.5. The number of aryl methyl sites for hydroxylation is 1. The minimum atomic E-state index is -0.0705. The van der Waals surface area contributed by atoms with Crippen LogP contribution in [0.1, 0.15) is 42.8 Å². The standard InChI is InChI=1S/C28H29ClN6O.C21H19ClN4.C7H13NO/c1-18-25(19-9-11-20(29)12-10-19)26-27(30)31-17-32-28(26)35(18)23-7-4-6-22(16-23)34(3)24(36)8-5-15-33(2)21-13-14-21;1-13-19-20(15-7-9-16(22)10-8-15)14(2)26(21(19)25-12-24-13)18-6-4-5-17(11-18)23-3;1-8(5-2-6-9)7-3-4-7/h4-12,16-17,21H,13-15H2,1-3H3,(H2,30,31,32);4-12,23H,1-3H3;2,5,7,9H,3-4,6H2,1H3/b8-5+;;5-2+. The summed E-state index contributed by atoms with van der Waals surface area (Å²) in [7, 11) is 7.85. The number of anilines is 3. The molecule has 0 radical (unpaired) electrons. The molecule has 1 amide bonds. The van der Waals surface area contributed by atoms with Crippen LogP contribution in [0, 0.1) is 20.8 Å². The van der Waals surface area contributed by atoms with E-state index in [2.05, 4.69) is 70.3 Å². The second-order valence-electron chi connectivity index (χ2n) is 18.0. The first-order valence-electron chi connectivity index (χ1n) is 23.8. The smallest absolute Gasteiger partial charge is 0.250 e. The third-order valence-electron chi connectivity index (χ3n) is 13.0. The number of fused-ring (bicyclic) bond motifs is 2. The summed E-state index contributed by atoms with van der Waals surface area (Å²) in [5.41, 5.74) is 19.0. The van der Waals surface area contributed by atoms with E-state index >= 15 is 0 Å². The molecule has 2 saturated carbocycles. The Kier molecular flexibility index (Phi) is 15.9. The first-order chi connectivity index (χ1) is 34.3. The van der Waals surface area contributed by atoms with Gasteiger partial charge in [-0.15, -0.1) is 0 Å². The molecule has 0 bridgehead atoms. The third-order valence-corrected chi connectivity index (χ3v) is 13.6. The lowest BCUT2D eigenvalue weighted by molar-refractivity contribution is -0.113. The maximum atomic E-state index is 12.9. The highest BCUT2D eigenvalue weighted by Gasteiger charge is 2.26. The van der Waals surface area contributed by atoms with Crippen LogP contribution in [-0.4, -0.2) is 103 Å². The number of hydrogen-bond acceptors (Lipinski definition) is 10. The monoisotopic (exact) mass is 989 g/mol. The van der Waals surface area contributed by atoms with Crippen LogP contribution in [0.2, 0.25) is 10.0 Å². The molecular weight excluding hydrogens is 930 g/mol. The molecule has 0 saturated heterocycles. The summed E-state index contributed by atoms with van der Waals surface area (Å²) in [5, 5.41) is 14.9. The fourth-order valence-corrected chi connectivity index (χ4v) is 9.13. The van der Waals surface area contributed by atoms with Gasteiger partial charge in [-0.25, -0.2) is 19.9 Å². The quantitative estimate of drug-likeness (QED) is 0.0954. The number of carbonyl (C=O) groups is 1. The van der Waals surface area contributed by atoms with E-state index in [1.165, 1.54) is 32.0 Å². The highest BCUT2D eigenvalue weighted by molar-refractivity contribution is 6.31. The number of benzene rings is 4. The van der Waals surface area contributed by atoms with E-state index in [9.17, 15) is 4.79 Å². The van der Waals surface area contributed by atoms with Crippen LogP contribution in [0.25, 0.3) is 55.7 Å². The summed E-state index contributed by atoms with van der Waals surface area (Å²) in [6, 6.07) is 33.2. The Morgan fingerprint density at radius 2 is 1.28 bits per heavy atom. The maximum Gasteiger partial charge on any atom is 0.250 e. The summed E-state index contributed by atoms with van der Waals surface area (Å²) in [4.78, 5) is 36.8. The summed E-state index contributed by atoms with van der Waals surface area (Å²) in [6.45, 7) is 7.10. The number of aliphatic hydroxyl groups excluding tert-OH is 1. The van der Waals surface area contributed by atoms with Gasteiger partial charge in [-0.05, 0) is 138 Å². The molecule has 0 atom stereocenters. The molecule has 71 heavy (non-hydrogen) atoms. The van der Waals surface area contributed by atoms with Crippen molar-refractivity contribution in [1.29, 1.82) is 0 Å². The predicted octanol–water partition coefficient (Wildman–Crippen LogP) is 11.2. The molecule has 10 rings (SSSR count). The van der Waals surface area contributed by atoms with Gasteiger partial charge in [0.1, 0.15) is 24.1 Å². The number of nitrogens with two attached hydrogens (primary N) is 1. The molecule has 4 N–H and O–H groups in total. The first kappa shape index (κ1) is 50.4. The molecule has 366 valence electrons. The van der Waals surface area contributed by atoms with Crippen molar-refractivity contribution < 1.29 is 9.90 Å². The van der Waals surface area contributed by atoms with Crippen molar-refractivity contribution in [2.24, 2.45) is 0 Å². The van der Waals surface area contributed by atoms with E-state index in [4.69, 9.17) is 34.0 Å². The number of halogens is 2. The second-order valence-corrected chi connectivity index (χ2v) is 18.8. The molecule has 2 fully saturated rings. The number of nitrogen functional groups attached to an aromatic ring is 1. The van der Waals surface area contributed by atoms with E-state index in [0.717, 1.165) is 96.1 Å². The number of hydrogen-bond donors (Lipinski definition) is 3. The Labute approximate surface area is 425 Å². The van der Waals surface area contributed by atoms with Crippen LogP contribution in [0.15, 0.2) is 134 Å². The topological polar surface area (TPSA) is 146 Å².